The minimum Gasteiger partial charge on any atom is -0.487 e. The molecule has 0 bridgehead atoms. The summed E-state index contributed by atoms with van der Waals surface area (Å²) in [7, 11) is 0. The van der Waals surface area contributed by atoms with Gasteiger partial charge >= 0.3 is 11.8 Å². The third kappa shape index (κ3) is 5.20. The molecule has 27 heavy (non-hydrogen) atoms. The van der Waals surface area contributed by atoms with Crippen molar-refractivity contribution in [1.82, 2.24) is 4.90 Å². The van der Waals surface area contributed by atoms with E-state index in [9.17, 15) is 14.9 Å². The molecule has 142 valence electrons. The third-order valence-electron chi connectivity index (χ3n) is 4.61. The molecule has 0 saturated carbocycles. The normalized spacial score (nSPS) is 14.6. The summed E-state index contributed by atoms with van der Waals surface area (Å²) in [5.41, 5.74) is 0.929. The Labute approximate surface area is 157 Å². The van der Waals surface area contributed by atoms with Crippen molar-refractivity contribution < 1.29 is 19.2 Å². The number of para-hydroxylation sites is 2. The molecule has 2 aromatic carbocycles. The van der Waals surface area contributed by atoms with Crippen LogP contribution >= 0.6 is 0 Å². The van der Waals surface area contributed by atoms with E-state index in [2.05, 4.69) is 0 Å². The highest BCUT2D eigenvalue weighted by Gasteiger charge is 2.25. The Morgan fingerprint density at radius 1 is 1.07 bits per heavy atom. The van der Waals surface area contributed by atoms with Crippen LogP contribution < -0.4 is 4.74 Å². The average Bonchev–Trinajstić information content (AvgIpc) is 2.71. The number of carbonyl (C=O) groups excluding carboxylic acids is 1. The summed E-state index contributed by atoms with van der Waals surface area (Å²) < 4.78 is 11.0. The molecule has 1 heterocycles. The van der Waals surface area contributed by atoms with Crippen LogP contribution in [0.15, 0.2) is 54.6 Å². The topological polar surface area (TPSA) is 81.9 Å². The Morgan fingerprint density at radius 2 is 1.74 bits per heavy atom. The first-order valence-electron chi connectivity index (χ1n) is 8.95. The van der Waals surface area contributed by atoms with Crippen LogP contribution in [-0.4, -0.2) is 35.6 Å². The second-order valence-corrected chi connectivity index (χ2v) is 6.51. The number of hydrogen-bond donors (Lipinski definition) is 0. The van der Waals surface area contributed by atoms with E-state index in [1.54, 1.807) is 23.1 Å². The van der Waals surface area contributed by atoms with Gasteiger partial charge in [-0.05, 0) is 30.4 Å². The van der Waals surface area contributed by atoms with Gasteiger partial charge in [0, 0.05) is 19.2 Å². The zero-order valence-corrected chi connectivity index (χ0v) is 15.0. The number of nitro groups is 1. The fourth-order valence-corrected chi connectivity index (χ4v) is 3.03. The van der Waals surface area contributed by atoms with Crippen LogP contribution in [0.4, 0.5) is 10.5 Å². The van der Waals surface area contributed by atoms with E-state index < -0.39 is 4.92 Å². The molecule has 7 heteroatoms. The summed E-state index contributed by atoms with van der Waals surface area (Å²) in [5.74, 6) is 0.537. The first-order valence-corrected chi connectivity index (χ1v) is 8.95. The zero-order chi connectivity index (χ0) is 19.1. The monoisotopic (exact) mass is 370 g/mol. The van der Waals surface area contributed by atoms with Crippen LogP contribution in [0, 0.1) is 16.0 Å². The fraction of sp³-hybridized carbons (Fsp3) is 0.350. The molecule has 1 aliphatic heterocycles. The minimum atomic E-state index is -0.444. The third-order valence-corrected chi connectivity index (χ3v) is 4.61. The first kappa shape index (κ1) is 18.7. The molecule has 7 nitrogen and oxygen atoms in total. The van der Waals surface area contributed by atoms with E-state index in [4.69, 9.17) is 9.47 Å². The number of benzene rings is 2. The lowest BCUT2D eigenvalue weighted by molar-refractivity contribution is -0.385. The van der Waals surface area contributed by atoms with Crippen LogP contribution in [0.1, 0.15) is 18.4 Å². The Bertz CT molecular complexity index is 773. The molecule has 0 unspecified atom stereocenters. The fourth-order valence-electron chi connectivity index (χ4n) is 3.03. The van der Waals surface area contributed by atoms with Crippen molar-refractivity contribution in [2.75, 3.05) is 19.7 Å². The molecule has 1 amide bonds. The van der Waals surface area contributed by atoms with Crippen LogP contribution in [0.3, 0.4) is 0 Å². The molecule has 0 N–H and O–H groups in total. The van der Waals surface area contributed by atoms with Gasteiger partial charge in [0.1, 0.15) is 6.61 Å². The Kier molecular flexibility index (Phi) is 6.25. The second kappa shape index (κ2) is 9.02. The van der Waals surface area contributed by atoms with Crippen molar-refractivity contribution in [1.29, 1.82) is 0 Å². The SMILES string of the molecule is O=C(OCc1ccccc1)N1CCC(COc2ccccc2[N+](=O)[O-])CC1. The molecule has 2 aromatic rings. The van der Waals surface area contributed by atoms with E-state index in [0.717, 1.165) is 18.4 Å². The summed E-state index contributed by atoms with van der Waals surface area (Å²) in [4.78, 5) is 24.5. The minimum absolute atomic E-state index is 0.0283. The number of likely N-dealkylation sites (tertiary alicyclic amines) is 1. The highest BCUT2D eigenvalue weighted by atomic mass is 16.6. The van der Waals surface area contributed by atoms with Gasteiger partial charge in [-0.1, -0.05) is 42.5 Å². The maximum atomic E-state index is 12.2. The Hall–Kier alpha value is -3.09. The smallest absolute Gasteiger partial charge is 0.410 e. The lowest BCUT2D eigenvalue weighted by Crippen LogP contribution is -2.40. The molecule has 0 aromatic heterocycles. The van der Waals surface area contributed by atoms with Crippen LogP contribution in [0.2, 0.25) is 0 Å². The number of nitrogens with zero attached hydrogens (tertiary/aromatic N) is 2. The number of rotatable bonds is 6. The molecular weight excluding hydrogens is 348 g/mol. The van der Waals surface area contributed by atoms with Gasteiger partial charge in [-0.15, -0.1) is 0 Å². The number of piperidine rings is 1. The number of nitro benzene ring substituents is 1. The molecule has 1 saturated heterocycles. The van der Waals surface area contributed by atoms with Gasteiger partial charge in [-0.25, -0.2) is 4.79 Å². The second-order valence-electron chi connectivity index (χ2n) is 6.51. The predicted octanol–water partition coefficient (Wildman–Crippen LogP) is 4.02. The molecule has 0 spiro atoms. The van der Waals surface area contributed by atoms with E-state index >= 15 is 0 Å². The molecule has 1 aliphatic rings. The van der Waals surface area contributed by atoms with Crippen LogP contribution in [0.5, 0.6) is 5.75 Å². The number of carbonyl (C=O) groups is 1. The van der Waals surface area contributed by atoms with Crippen LogP contribution in [0.25, 0.3) is 0 Å². The Morgan fingerprint density at radius 3 is 2.44 bits per heavy atom. The van der Waals surface area contributed by atoms with Crippen molar-refractivity contribution in [3.8, 4) is 5.75 Å². The van der Waals surface area contributed by atoms with Gasteiger partial charge in [0.05, 0.1) is 11.5 Å². The molecular formula is C20H22N2O5. The van der Waals surface area contributed by atoms with Gasteiger partial charge in [0.15, 0.2) is 5.75 Å². The number of ether oxygens (including phenoxy) is 2. The zero-order valence-electron chi connectivity index (χ0n) is 15.0. The van der Waals surface area contributed by atoms with Gasteiger partial charge < -0.3 is 14.4 Å². The summed E-state index contributed by atoms with van der Waals surface area (Å²) in [6.07, 6.45) is 1.25. The summed E-state index contributed by atoms with van der Waals surface area (Å²) in [5, 5.41) is 11.0. The lowest BCUT2D eigenvalue weighted by atomic mass is 9.98. The highest BCUT2D eigenvalue weighted by molar-refractivity contribution is 5.67. The van der Waals surface area contributed by atoms with Gasteiger partial charge in [0.2, 0.25) is 0 Å². The van der Waals surface area contributed by atoms with E-state index in [1.165, 1.54) is 6.07 Å². The van der Waals surface area contributed by atoms with Gasteiger partial charge in [0.25, 0.3) is 0 Å². The maximum absolute atomic E-state index is 12.2. The lowest BCUT2D eigenvalue weighted by Gasteiger charge is -2.31. The van der Waals surface area contributed by atoms with Gasteiger partial charge in [-0.2, -0.15) is 0 Å². The van der Waals surface area contributed by atoms with E-state index in [1.807, 2.05) is 30.3 Å². The summed E-state index contributed by atoms with van der Waals surface area (Å²) >= 11 is 0. The van der Waals surface area contributed by atoms with E-state index in [-0.39, 0.29) is 30.1 Å². The van der Waals surface area contributed by atoms with Crippen molar-refractivity contribution in [2.45, 2.75) is 19.4 Å². The maximum Gasteiger partial charge on any atom is 0.410 e. The first-order chi connectivity index (χ1) is 13.1. The van der Waals surface area contributed by atoms with Crippen molar-refractivity contribution in [3.63, 3.8) is 0 Å². The molecule has 0 radical (unpaired) electrons. The molecule has 0 atom stereocenters. The number of amides is 1. The van der Waals surface area contributed by atoms with Crippen molar-refractivity contribution in [2.24, 2.45) is 5.92 Å². The summed E-state index contributed by atoms with van der Waals surface area (Å²) in [6, 6.07) is 15.9. The summed E-state index contributed by atoms with van der Waals surface area (Å²) in [6.45, 7) is 1.86. The van der Waals surface area contributed by atoms with Crippen LogP contribution in [-0.2, 0) is 11.3 Å². The molecule has 1 fully saturated rings. The largest absolute Gasteiger partial charge is 0.487 e. The predicted molar refractivity (Wildman–Crippen MR) is 99.5 cm³/mol. The van der Waals surface area contributed by atoms with Gasteiger partial charge in [-0.3, -0.25) is 10.1 Å². The number of hydrogen-bond acceptors (Lipinski definition) is 5. The highest BCUT2D eigenvalue weighted by Crippen LogP contribution is 2.27. The standard InChI is InChI=1S/C20H22N2O5/c23-20(27-15-16-6-2-1-3-7-16)21-12-10-17(11-13-21)14-26-19-9-5-4-8-18(19)22(24)25/h1-9,17H,10-15H2. The van der Waals surface area contributed by atoms with E-state index in [0.29, 0.717) is 19.7 Å². The van der Waals surface area contributed by atoms with Crippen molar-refractivity contribution >= 4 is 11.8 Å². The quantitative estimate of drug-likeness (QED) is 0.566. The molecule has 3 rings (SSSR count). The Balaban J connectivity index is 1.42. The average molecular weight is 370 g/mol. The molecule has 0 aliphatic carbocycles. The van der Waals surface area contributed by atoms with Crippen molar-refractivity contribution in [3.05, 3.63) is 70.3 Å².